The molecule has 0 spiro atoms. The molecule has 0 bridgehead atoms. The highest BCUT2D eigenvalue weighted by atomic mass is 32.1. The molecule has 1 saturated carbocycles. The molecule has 1 fully saturated rings. The molecule has 0 radical (unpaired) electrons. The van der Waals surface area contributed by atoms with Gasteiger partial charge < -0.3 is 15.5 Å². The van der Waals surface area contributed by atoms with Gasteiger partial charge in [0.05, 0.1) is 16.5 Å². The first-order chi connectivity index (χ1) is 18.3. The second-order valence-electron chi connectivity index (χ2n) is 10.3. The van der Waals surface area contributed by atoms with Gasteiger partial charge >= 0.3 is 12.1 Å². The van der Waals surface area contributed by atoms with Crippen LogP contribution in [0.1, 0.15) is 43.8 Å². The molecule has 4 N–H and O–H groups in total. The van der Waals surface area contributed by atoms with Crippen LogP contribution in [-0.4, -0.2) is 41.3 Å². The molecule has 1 aliphatic rings. The van der Waals surface area contributed by atoms with E-state index in [4.69, 9.17) is 0 Å². The van der Waals surface area contributed by atoms with Gasteiger partial charge in [-0.05, 0) is 60.6 Å². The van der Waals surface area contributed by atoms with E-state index in [2.05, 4.69) is 30.5 Å². The fourth-order valence-electron chi connectivity index (χ4n) is 5.12. The molecule has 1 aliphatic carbocycles. The summed E-state index contributed by atoms with van der Waals surface area (Å²) in [5.41, 5.74) is -0.445. The van der Waals surface area contributed by atoms with Gasteiger partial charge in [-0.15, -0.1) is 11.3 Å². The van der Waals surface area contributed by atoms with Crippen LogP contribution in [0.2, 0.25) is 0 Å². The third kappa shape index (κ3) is 5.50. The minimum Gasteiger partial charge on any atom is -0.481 e. The summed E-state index contributed by atoms with van der Waals surface area (Å²) in [6, 6.07) is 7.89. The summed E-state index contributed by atoms with van der Waals surface area (Å²) in [5, 5.41) is 31.3. The standard InChI is InChI=1S/C26H25F3N6O3S/c1-24(2)13-25(38,6-3-17(24)21(36)37)22-31-12-19(39-22)15-9-14(18-4-8-32-35-18)10-16(11-15)33-23-30-7-5-20(34-23)26(27,28)29/h4-5,7-12,17,38H,3,6,13H2,1-2H3,(H,32,35)(H,36,37)(H,30,33,34)/t17-,25-/m1/s1. The molecule has 0 saturated heterocycles. The largest absolute Gasteiger partial charge is 0.481 e. The minimum absolute atomic E-state index is 0.214. The van der Waals surface area contributed by atoms with E-state index in [1.807, 2.05) is 19.9 Å². The zero-order valence-corrected chi connectivity index (χ0v) is 21.8. The lowest BCUT2D eigenvalue weighted by Crippen LogP contribution is -2.44. The van der Waals surface area contributed by atoms with Gasteiger partial charge in [-0.3, -0.25) is 9.89 Å². The Hall–Kier alpha value is -3.84. The Bertz CT molecular complexity index is 1500. The lowest BCUT2D eigenvalue weighted by molar-refractivity contribution is -0.154. The molecule has 3 aromatic heterocycles. The number of hydrogen-bond donors (Lipinski definition) is 4. The number of thiazole rings is 1. The Morgan fingerprint density at radius 3 is 2.59 bits per heavy atom. The third-order valence-electron chi connectivity index (χ3n) is 6.97. The SMILES string of the molecule is CC1(C)C[C@@](O)(c2ncc(-c3cc(Nc4nccc(C(F)(F)F)n4)cc(-c4ccn[nH]4)c3)s2)CC[C@@H]1C(=O)O. The van der Waals surface area contributed by atoms with Crippen LogP contribution in [0.15, 0.2) is 48.9 Å². The van der Waals surface area contributed by atoms with Crippen molar-refractivity contribution in [1.82, 2.24) is 25.1 Å². The van der Waals surface area contributed by atoms with Crippen molar-refractivity contribution in [3.05, 3.63) is 59.6 Å². The van der Waals surface area contributed by atoms with E-state index in [0.29, 0.717) is 38.8 Å². The molecule has 1 aromatic carbocycles. The number of benzene rings is 1. The lowest BCUT2D eigenvalue weighted by atomic mass is 9.63. The maximum atomic E-state index is 13.2. The Morgan fingerprint density at radius 2 is 1.92 bits per heavy atom. The number of aliphatic carboxylic acids is 1. The quantitative estimate of drug-likeness (QED) is 0.231. The highest BCUT2D eigenvalue weighted by Gasteiger charge is 2.49. The van der Waals surface area contributed by atoms with Crippen molar-refractivity contribution in [3.8, 4) is 21.7 Å². The molecular formula is C26H25F3N6O3S. The maximum absolute atomic E-state index is 13.2. The van der Waals surface area contributed by atoms with Crippen molar-refractivity contribution >= 4 is 28.9 Å². The number of carbonyl (C=O) groups is 1. The summed E-state index contributed by atoms with van der Waals surface area (Å²) in [5.74, 6) is -1.65. The van der Waals surface area contributed by atoms with Crippen LogP contribution < -0.4 is 5.32 Å². The van der Waals surface area contributed by atoms with Gasteiger partial charge in [0.1, 0.15) is 16.3 Å². The van der Waals surface area contributed by atoms with Crippen molar-refractivity contribution in [3.63, 3.8) is 0 Å². The van der Waals surface area contributed by atoms with E-state index in [1.165, 1.54) is 11.3 Å². The molecule has 0 amide bonds. The highest BCUT2D eigenvalue weighted by molar-refractivity contribution is 7.15. The number of aromatic nitrogens is 5. The number of rotatable bonds is 6. The summed E-state index contributed by atoms with van der Waals surface area (Å²) in [4.78, 5) is 24.4. The fourth-order valence-corrected chi connectivity index (χ4v) is 6.14. The van der Waals surface area contributed by atoms with Crippen molar-refractivity contribution in [1.29, 1.82) is 0 Å². The molecule has 9 nitrogen and oxygen atoms in total. The van der Waals surface area contributed by atoms with Gasteiger partial charge in [0.25, 0.3) is 0 Å². The second-order valence-corrected chi connectivity index (χ2v) is 11.3. The van der Waals surface area contributed by atoms with E-state index in [0.717, 1.165) is 12.3 Å². The van der Waals surface area contributed by atoms with Crippen LogP contribution in [-0.2, 0) is 16.6 Å². The van der Waals surface area contributed by atoms with E-state index < -0.39 is 34.8 Å². The predicted octanol–water partition coefficient (Wildman–Crippen LogP) is 5.85. The van der Waals surface area contributed by atoms with Gasteiger partial charge in [0.15, 0.2) is 0 Å². The van der Waals surface area contributed by atoms with Gasteiger partial charge in [-0.2, -0.15) is 18.3 Å². The summed E-state index contributed by atoms with van der Waals surface area (Å²) < 4.78 is 39.5. The normalized spacial score (nSPS) is 21.0. The molecule has 0 unspecified atom stereocenters. The monoisotopic (exact) mass is 558 g/mol. The molecule has 204 valence electrons. The molecular weight excluding hydrogens is 533 g/mol. The first kappa shape index (κ1) is 26.8. The van der Waals surface area contributed by atoms with E-state index in [1.54, 1.807) is 30.6 Å². The number of H-pyrrole nitrogens is 1. The zero-order chi connectivity index (χ0) is 28.0. The Morgan fingerprint density at radius 1 is 1.15 bits per heavy atom. The number of nitrogens with zero attached hydrogens (tertiary/aromatic N) is 4. The molecule has 13 heteroatoms. The van der Waals surface area contributed by atoms with Crippen molar-refractivity contribution in [2.24, 2.45) is 11.3 Å². The number of alkyl halides is 3. The number of hydrogen-bond acceptors (Lipinski definition) is 8. The number of carboxylic acids is 1. The van der Waals surface area contributed by atoms with Crippen molar-refractivity contribution in [2.45, 2.75) is 44.9 Å². The average Bonchev–Trinajstić information content (AvgIpc) is 3.56. The molecule has 4 aromatic rings. The van der Waals surface area contributed by atoms with Crippen LogP contribution in [0.4, 0.5) is 24.8 Å². The van der Waals surface area contributed by atoms with Crippen molar-refractivity contribution < 1.29 is 28.2 Å². The molecule has 39 heavy (non-hydrogen) atoms. The van der Waals surface area contributed by atoms with Crippen LogP contribution in [0.5, 0.6) is 0 Å². The van der Waals surface area contributed by atoms with Gasteiger partial charge in [0, 0.05) is 29.8 Å². The first-order valence-electron chi connectivity index (χ1n) is 12.1. The summed E-state index contributed by atoms with van der Waals surface area (Å²) in [7, 11) is 0. The summed E-state index contributed by atoms with van der Waals surface area (Å²) in [6.07, 6.45) is 0.486. The second kappa shape index (κ2) is 9.72. The number of aliphatic hydroxyl groups is 1. The van der Waals surface area contributed by atoms with Crippen molar-refractivity contribution in [2.75, 3.05) is 5.32 Å². The Labute approximate surface area is 225 Å². The number of aromatic amines is 1. The molecule has 0 aliphatic heterocycles. The highest BCUT2D eigenvalue weighted by Crippen LogP contribution is 2.51. The minimum atomic E-state index is -4.61. The zero-order valence-electron chi connectivity index (χ0n) is 21.0. The predicted molar refractivity (Wildman–Crippen MR) is 138 cm³/mol. The lowest BCUT2D eigenvalue weighted by Gasteiger charge is -2.44. The van der Waals surface area contributed by atoms with Gasteiger partial charge in [0.2, 0.25) is 5.95 Å². The Kier molecular flexibility index (Phi) is 6.67. The maximum Gasteiger partial charge on any atom is 0.433 e. The number of nitrogens with one attached hydrogen (secondary N) is 2. The average molecular weight is 559 g/mol. The molecule has 2 atom stereocenters. The van der Waals surface area contributed by atoms with Crippen LogP contribution in [0.25, 0.3) is 21.7 Å². The van der Waals surface area contributed by atoms with Gasteiger partial charge in [-0.25, -0.2) is 15.0 Å². The number of carboxylic acid groups (broad SMARTS) is 1. The Balaban J connectivity index is 1.49. The van der Waals surface area contributed by atoms with Crippen LogP contribution in [0, 0.1) is 11.3 Å². The smallest absolute Gasteiger partial charge is 0.433 e. The van der Waals surface area contributed by atoms with E-state index >= 15 is 0 Å². The molecule has 3 heterocycles. The third-order valence-corrected chi connectivity index (χ3v) is 8.21. The first-order valence-corrected chi connectivity index (χ1v) is 12.9. The summed E-state index contributed by atoms with van der Waals surface area (Å²) >= 11 is 1.29. The van der Waals surface area contributed by atoms with Crippen LogP contribution >= 0.6 is 11.3 Å². The number of halogens is 3. The topological polar surface area (TPSA) is 137 Å². The number of anilines is 2. The summed E-state index contributed by atoms with van der Waals surface area (Å²) in [6.45, 7) is 3.68. The van der Waals surface area contributed by atoms with E-state index in [9.17, 15) is 28.2 Å². The van der Waals surface area contributed by atoms with Gasteiger partial charge in [-0.1, -0.05) is 13.8 Å². The van der Waals surface area contributed by atoms with E-state index in [-0.39, 0.29) is 18.8 Å². The molecule has 5 rings (SSSR count). The fraction of sp³-hybridized carbons (Fsp3) is 0.346. The van der Waals surface area contributed by atoms with Crippen LogP contribution in [0.3, 0.4) is 0 Å².